The van der Waals surface area contributed by atoms with Crippen LogP contribution in [0.4, 0.5) is 0 Å². The van der Waals surface area contributed by atoms with Gasteiger partial charge in [-0.1, -0.05) is 0 Å². The van der Waals surface area contributed by atoms with Gasteiger partial charge in [0.25, 0.3) is 0 Å². The maximum atomic E-state index is 10.8. The van der Waals surface area contributed by atoms with Crippen molar-refractivity contribution < 1.29 is 14.3 Å². The van der Waals surface area contributed by atoms with Gasteiger partial charge in [-0.05, 0) is 37.6 Å². The van der Waals surface area contributed by atoms with Crippen molar-refractivity contribution >= 4 is 5.78 Å². The first-order valence-corrected chi connectivity index (χ1v) is 7.14. The van der Waals surface area contributed by atoms with Crippen LogP contribution in [0.1, 0.15) is 18.2 Å². The van der Waals surface area contributed by atoms with E-state index in [-0.39, 0.29) is 31.5 Å². The number of Topliss-reactive ketones (excluding diaryl/α,β-unsaturated/α-hetero) is 1. The van der Waals surface area contributed by atoms with Crippen molar-refractivity contribution in [2.24, 2.45) is 0 Å². The number of rotatable bonds is 7. The van der Waals surface area contributed by atoms with Crippen LogP contribution in [-0.2, 0) is 9.53 Å². The number of pyridine rings is 2. The van der Waals surface area contributed by atoms with Gasteiger partial charge < -0.3 is 9.47 Å². The van der Waals surface area contributed by atoms with Crippen molar-refractivity contribution in [3.05, 3.63) is 41.9 Å². The lowest BCUT2D eigenvalue weighted by Gasteiger charge is -2.11. The molecule has 23 heavy (non-hydrogen) atoms. The van der Waals surface area contributed by atoms with E-state index >= 15 is 0 Å². The van der Waals surface area contributed by atoms with Gasteiger partial charge in [-0.3, -0.25) is 9.78 Å². The van der Waals surface area contributed by atoms with E-state index in [4.69, 9.17) is 9.47 Å². The number of nitrogens with zero attached hydrogens (tertiary/aromatic N) is 3. The van der Waals surface area contributed by atoms with Crippen molar-refractivity contribution in [2.75, 3.05) is 19.8 Å². The highest BCUT2D eigenvalue weighted by molar-refractivity contribution is 5.76. The molecular weight excluding hydrogens is 294 g/mol. The number of hydrogen-bond acceptors (Lipinski definition) is 6. The second-order valence-electron chi connectivity index (χ2n) is 4.92. The van der Waals surface area contributed by atoms with Gasteiger partial charge in [-0.25, -0.2) is 4.98 Å². The third kappa shape index (κ3) is 4.59. The Morgan fingerprint density at radius 3 is 2.70 bits per heavy atom. The van der Waals surface area contributed by atoms with E-state index in [0.717, 1.165) is 16.8 Å². The van der Waals surface area contributed by atoms with Crippen LogP contribution >= 0.6 is 0 Å². The molecule has 2 rings (SSSR count). The third-order valence-corrected chi connectivity index (χ3v) is 3.06. The average molecular weight is 311 g/mol. The zero-order valence-electron chi connectivity index (χ0n) is 13.1. The van der Waals surface area contributed by atoms with E-state index in [0.29, 0.717) is 5.56 Å². The third-order valence-electron chi connectivity index (χ3n) is 3.06. The fourth-order valence-corrected chi connectivity index (χ4v) is 2.01. The molecule has 6 heteroatoms. The summed E-state index contributed by atoms with van der Waals surface area (Å²) in [5.74, 6) is 0.229. The highest BCUT2D eigenvalue weighted by Gasteiger charge is 2.12. The number of nitriles is 1. The van der Waals surface area contributed by atoms with Crippen LogP contribution in [0.2, 0.25) is 0 Å². The Morgan fingerprint density at radius 1 is 1.30 bits per heavy atom. The smallest absolute Gasteiger partial charge is 0.232 e. The summed E-state index contributed by atoms with van der Waals surface area (Å²) < 4.78 is 10.6. The lowest BCUT2D eigenvalue weighted by atomic mass is 10.0. The summed E-state index contributed by atoms with van der Waals surface area (Å²) in [6.07, 6.45) is 3.38. The molecule has 0 atom stereocenters. The van der Waals surface area contributed by atoms with Gasteiger partial charge in [-0.15, -0.1) is 0 Å². The highest BCUT2D eigenvalue weighted by Crippen LogP contribution is 2.27. The van der Waals surface area contributed by atoms with E-state index in [2.05, 4.69) is 16.0 Å². The van der Waals surface area contributed by atoms with Gasteiger partial charge >= 0.3 is 0 Å². The molecule has 0 saturated heterocycles. The molecule has 0 aromatic carbocycles. The molecule has 2 aromatic rings. The Morgan fingerprint density at radius 2 is 2.04 bits per heavy atom. The summed E-state index contributed by atoms with van der Waals surface area (Å²) in [6, 6.07) is 7.57. The van der Waals surface area contributed by atoms with E-state index < -0.39 is 0 Å². The van der Waals surface area contributed by atoms with Gasteiger partial charge in [0.2, 0.25) is 5.88 Å². The lowest BCUT2D eigenvalue weighted by Crippen LogP contribution is -2.12. The molecule has 0 aliphatic heterocycles. The Kier molecular flexibility index (Phi) is 5.78. The maximum absolute atomic E-state index is 10.8. The van der Waals surface area contributed by atoms with Crippen molar-refractivity contribution in [1.82, 2.24) is 9.97 Å². The van der Waals surface area contributed by atoms with Gasteiger partial charge in [0.15, 0.2) is 5.78 Å². The molecule has 0 fully saturated rings. The van der Waals surface area contributed by atoms with E-state index in [1.54, 1.807) is 18.5 Å². The van der Waals surface area contributed by atoms with Gasteiger partial charge in [0.05, 0.1) is 6.61 Å². The van der Waals surface area contributed by atoms with E-state index in [9.17, 15) is 10.1 Å². The summed E-state index contributed by atoms with van der Waals surface area (Å²) in [6.45, 7) is 3.86. The first kappa shape index (κ1) is 16.6. The molecule has 0 radical (unpaired) electrons. The Bertz CT molecular complexity index is 724. The zero-order chi connectivity index (χ0) is 16.7. The van der Waals surface area contributed by atoms with Crippen molar-refractivity contribution in [3.63, 3.8) is 0 Å². The number of hydrogen-bond donors (Lipinski definition) is 0. The number of aromatic nitrogens is 2. The van der Waals surface area contributed by atoms with Crippen LogP contribution in [0.25, 0.3) is 11.1 Å². The molecule has 0 spiro atoms. The van der Waals surface area contributed by atoms with Crippen LogP contribution in [0, 0.1) is 18.3 Å². The monoisotopic (exact) mass is 311 g/mol. The predicted molar refractivity (Wildman–Crippen MR) is 83.9 cm³/mol. The van der Waals surface area contributed by atoms with Gasteiger partial charge in [0, 0.05) is 23.7 Å². The molecule has 0 saturated carbocycles. The number of carbonyl (C=O) groups excluding carboxylic acids is 1. The summed E-state index contributed by atoms with van der Waals surface area (Å²) in [4.78, 5) is 19.1. The van der Waals surface area contributed by atoms with Gasteiger partial charge in [0.1, 0.15) is 24.8 Å². The zero-order valence-corrected chi connectivity index (χ0v) is 13.1. The number of ketones is 1. The Labute approximate surface area is 134 Å². The second-order valence-corrected chi connectivity index (χ2v) is 4.92. The highest BCUT2D eigenvalue weighted by atomic mass is 16.5. The molecule has 0 N–H and O–H groups in total. The standard InChI is InChI=1S/C17H17N3O3/c1-12(21)11-22-7-8-23-17-15(10-18)9-16(13(2)20-17)14-3-5-19-6-4-14/h3-6,9H,7-8,11H2,1-2H3. The molecule has 0 bridgehead atoms. The minimum absolute atomic E-state index is 0.0432. The molecule has 0 amide bonds. The van der Waals surface area contributed by atoms with Crippen LogP contribution < -0.4 is 4.74 Å². The summed E-state index contributed by atoms with van der Waals surface area (Å²) in [7, 11) is 0. The molecular formula is C17H17N3O3. The fourth-order valence-electron chi connectivity index (χ4n) is 2.01. The Hall–Kier alpha value is -2.78. The quantitative estimate of drug-likeness (QED) is 0.729. The van der Waals surface area contributed by atoms with Crippen LogP contribution in [0.15, 0.2) is 30.6 Å². The molecule has 2 heterocycles. The number of aryl methyl sites for hydroxylation is 1. The van der Waals surface area contributed by atoms with E-state index in [1.165, 1.54) is 6.92 Å². The van der Waals surface area contributed by atoms with Crippen molar-refractivity contribution in [2.45, 2.75) is 13.8 Å². The van der Waals surface area contributed by atoms with Crippen LogP contribution in [0.3, 0.4) is 0 Å². The minimum atomic E-state index is -0.0432. The maximum Gasteiger partial charge on any atom is 0.232 e. The van der Waals surface area contributed by atoms with Gasteiger partial charge in [-0.2, -0.15) is 5.26 Å². The van der Waals surface area contributed by atoms with Crippen molar-refractivity contribution in [3.8, 4) is 23.1 Å². The first-order valence-electron chi connectivity index (χ1n) is 7.14. The minimum Gasteiger partial charge on any atom is -0.474 e. The Balaban J connectivity index is 2.11. The summed E-state index contributed by atoms with van der Waals surface area (Å²) in [5, 5.41) is 9.30. The molecule has 0 aliphatic carbocycles. The fraction of sp³-hybridized carbons (Fsp3) is 0.294. The van der Waals surface area contributed by atoms with E-state index in [1.807, 2.05) is 19.1 Å². The molecule has 6 nitrogen and oxygen atoms in total. The molecule has 0 aliphatic rings. The van der Waals surface area contributed by atoms with Crippen molar-refractivity contribution in [1.29, 1.82) is 5.26 Å². The van der Waals surface area contributed by atoms with Crippen LogP contribution in [-0.4, -0.2) is 35.6 Å². The average Bonchev–Trinajstić information content (AvgIpc) is 2.55. The summed E-state index contributed by atoms with van der Waals surface area (Å²) >= 11 is 0. The second kappa shape index (κ2) is 8.01. The number of ether oxygens (including phenoxy) is 2. The van der Waals surface area contributed by atoms with Crippen LogP contribution in [0.5, 0.6) is 5.88 Å². The summed E-state index contributed by atoms with van der Waals surface area (Å²) in [5.41, 5.74) is 2.92. The molecule has 2 aromatic heterocycles. The largest absolute Gasteiger partial charge is 0.474 e. The first-order chi connectivity index (χ1) is 11.1. The lowest BCUT2D eigenvalue weighted by molar-refractivity contribution is -0.121. The SMILES string of the molecule is CC(=O)COCCOc1nc(C)c(-c2ccncc2)cc1C#N. The normalized spacial score (nSPS) is 10.1. The molecule has 0 unspecified atom stereocenters. The molecule has 118 valence electrons. The topological polar surface area (TPSA) is 85.1 Å². The number of carbonyl (C=O) groups is 1. The predicted octanol–water partition coefficient (Wildman–Crippen LogP) is 2.31.